The maximum Gasteiger partial charge on any atom is 0.254 e. The van der Waals surface area contributed by atoms with Crippen molar-refractivity contribution < 1.29 is 14.3 Å². The van der Waals surface area contributed by atoms with E-state index in [0.29, 0.717) is 13.0 Å². The molecule has 0 bridgehead atoms. The van der Waals surface area contributed by atoms with Crippen molar-refractivity contribution in [2.75, 3.05) is 13.2 Å². The van der Waals surface area contributed by atoms with Gasteiger partial charge in [0.1, 0.15) is 5.82 Å². The lowest BCUT2D eigenvalue weighted by Crippen LogP contribution is -2.25. The van der Waals surface area contributed by atoms with E-state index in [2.05, 4.69) is 5.32 Å². The van der Waals surface area contributed by atoms with Gasteiger partial charge in [-0.3, -0.25) is 4.79 Å². The van der Waals surface area contributed by atoms with Crippen LogP contribution in [0, 0.1) is 5.82 Å². The van der Waals surface area contributed by atoms with Gasteiger partial charge < -0.3 is 10.4 Å². The Hall–Kier alpha value is -1.13. The summed E-state index contributed by atoms with van der Waals surface area (Å²) in [5.41, 5.74) is -0.0441. The summed E-state index contributed by atoms with van der Waals surface area (Å²) in [6.45, 7) is 0.306. The Morgan fingerprint density at radius 2 is 2.27 bits per heavy atom. The molecule has 1 aromatic rings. The molecule has 0 spiro atoms. The van der Waals surface area contributed by atoms with Crippen molar-refractivity contribution in [2.24, 2.45) is 0 Å². The quantitative estimate of drug-likeness (QED) is 0.774. The van der Waals surface area contributed by atoms with Crippen molar-refractivity contribution in [3.8, 4) is 0 Å². The summed E-state index contributed by atoms with van der Waals surface area (Å²) in [6, 6.07) is 3.86. The van der Waals surface area contributed by atoms with Crippen LogP contribution in [0.4, 0.5) is 4.39 Å². The minimum atomic E-state index is -0.649. The molecule has 0 aromatic heterocycles. The fourth-order valence-electron chi connectivity index (χ4n) is 1.05. The second kappa shape index (κ2) is 5.68. The number of halogens is 2. The molecule has 0 saturated heterocycles. The zero-order chi connectivity index (χ0) is 11.3. The molecule has 82 valence electrons. The molecule has 0 fully saturated rings. The van der Waals surface area contributed by atoms with Crippen LogP contribution in [-0.4, -0.2) is 24.2 Å². The van der Waals surface area contributed by atoms with Crippen molar-refractivity contribution in [3.63, 3.8) is 0 Å². The lowest BCUT2D eigenvalue weighted by molar-refractivity contribution is 0.0947. The minimum Gasteiger partial charge on any atom is -0.396 e. The van der Waals surface area contributed by atoms with Gasteiger partial charge in [-0.05, 0) is 24.6 Å². The van der Waals surface area contributed by atoms with E-state index in [-0.39, 0.29) is 17.2 Å². The molecule has 5 heteroatoms. The van der Waals surface area contributed by atoms with Crippen LogP contribution in [0.15, 0.2) is 18.2 Å². The number of aliphatic hydroxyl groups is 1. The number of aliphatic hydroxyl groups excluding tert-OH is 1. The number of amides is 1. The maximum absolute atomic E-state index is 13.2. The minimum absolute atomic E-state index is 0.0105. The van der Waals surface area contributed by atoms with E-state index in [9.17, 15) is 9.18 Å². The maximum atomic E-state index is 13.2. The van der Waals surface area contributed by atoms with Gasteiger partial charge in [-0.15, -0.1) is 0 Å². The normalized spacial score (nSPS) is 10.1. The number of rotatable bonds is 4. The summed E-state index contributed by atoms with van der Waals surface area (Å²) < 4.78 is 13.2. The third-order valence-corrected chi connectivity index (χ3v) is 2.03. The first-order valence-electron chi connectivity index (χ1n) is 4.49. The van der Waals surface area contributed by atoms with Crippen molar-refractivity contribution in [1.82, 2.24) is 5.32 Å². The summed E-state index contributed by atoms with van der Waals surface area (Å²) in [5, 5.41) is 11.2. The number of carbonyl (C=O) groups excluding carboxylic acids is 1. The first-order valence-corrected chi connectivity index (χ1v) is 4.87. The second-order valence-electron chi connectivity index (χ2n) is 2.96. The Morgan fingerprint density at radius 1 is 1.53 bits per heavy atom. The third kappa shape index (κ3) is 3.49. The Bertz CT molecular complexity index is 357. The van der Waals surface area contributed by atoms with Gasteiger partial charge in [0.25, 0.3) is 5.91 Å². The molecule has 0 unspecified atom stereocenters. The van der Waals surface area contributed by atoms with Gasteiger partial charge in [-0.25, -0.2) is 4.39 Å². The van der Waals surface area contributed by atoms with Gasteiger partial charge in [-0.1, -0.05) is 11.6 Å². The molecule has 0 aliphatic carbocycles. The molecule has 15 heavy (non-hydrogen) atoms. The molecule has 0 heterocycles. The predicted molar refractivity (Wildman–Crippen MR) is 55.4 cm³/mol. The van der Waals surface area contributed by atoms with Gasteiger partial charge in [0.15, 0.2) is 0 Å². The molecule has 0 aliphatic rings. The number of carbonyl (C=O) groups is 1. The summed E-state index contributed by atoms with van der Waals surface area (Å²) in [5.74, 6) is -1.15. The van der Waals surface area contributed by atoms with Crippen LogP contribution in [0.3, 0.4) is 0 Å². The lowest BCUT2D eigenvalue weighted by atomic mass is 10.2. The highest BCUT2D eigenvalue weighted by Gasteiger charge is 2.10. The third-order valence-electron chi connectivity index (χ3n) is 1.80. The first kappa shape index (κ1) is 11.9. The smallest absolute Gasteiger partial charge is 0.254 e. The largest absolute Gasteiger partial charge is 0.396 e. The van der Waals surface area contributed by atoms with E-state index in [1.54, 1.807) is 0 Å². The molecular weight excluding hydrogens is 221 g/mol. The molecule has 3 nitrogen and oxygen atoms in total. The highest BCUT2D eigenvalue weighted by molar-refractivity contribution is 6.30. The van der Waals surface area contributed by atoms with Crippen LogP contribution < -0.4 is 5.32 Å². The van der Waals surface area contributed by atoms with Crippen LogP contribution in [0.5, 0.6) is 0 Å². The molecule has 2 N–H and O–H groups in total. The fourth-order valence-corrected chi connectivity index (χ4v) is 1.21. The Balaban J connectivity index is 2.65. The summed E-state index contributed by atoms with van der Waals surface area (Å²) in [4.78, 5) is 11.4. The van der Waals surface area contributed by atoms with E-state index in [1.807, 2.05) is 0 Å². The summed E-state index contributed by atoms with van der Waals surface area (Å²) >= 11 is 5.54. The fraction of sp³-hybridized carbons (Fsp3) is 0.300. The van der Waals surface area contributed by atoms with Crippen molar-refractivity contribution in [1.29, 1.82) is 0 Å². The standard InChI is InChI=1S/C10H11ClFNO2/c11-7-2-3-8(9(12)6-7)10(15)13-4-1-5-14/h2-3,6,14H,1,4-5H2,(H,13,15). The molecule has 0 saturated carbocycles. The van der Waals surface area contributed by atoms with Crippen molar-refractivity contribution >= 4 is 17.5 Å². The number of hydrogen-bond acceptors (Lipinski definition) is 2. The summed E-state index contributed by atoms with van der Waals surface area (Å²) in [6.07, 6.45) is 0.445. The van der Waals surface area contributed by atoms with Gasteiger partial charge in [0.05, 0.1) is 5.56 Å². The molecule has 0 atom stereocenters. The van der Waals surface area contributed by atoms with Crippen molar-refractivity contribution in [2.45, 2.75) is 6.42 Å². The molecule has 1 amide bonds. The van der Waals surface area contributed by atoms with E-state index in [0.717, 1.165) is 6.07 Å². The SMILES string of the molecule is O=C(NCCCO)c1ccc(Cl)cc1F. The Morgan fingerprint density at radius 3 is 2.87 bits per heavy atom. The van der Waals surface area contributed by atoms with Crippen LogP contribution in [0.2, 0.25) is 5.02 Å². The molecule has 1 aromatic carbocycles. The van der Waals surface area contributed by atoms with Crippen LogP contribution in [0.25, 0.3) is 0 Å². The molecule has 0 aliphatic heterocycles. The van der Waals surface area contributed by atoms with Crippen LogP contribution in [-0.2, 0) is 0 Å². The number of hydrogen-bond donors (Lipinski definition) is 2. The second-order valence-corrected chi connectivity index (χ2v) is 3.39. The van der Waals surface area contributed by atoms with Crippen LogP contribution in [0.1, 0.15) is 16.8 Å². The van der Waals surface area contributed by atoms with Gasteiger partial charge in [0, 0.05) is 18.2 Å². The summed E-state index contributed by atoms with van der Waals surface area (Å²) in [7, 11) is 0. The number of nitrogens with one attached hydrogen (secondary N) is 1. The van der Waals surface area contributed by atoms with Crippen molar-refractivity contribution in [3.05, 3.63) is 34.6 Å². The highest BCUT2D eigenvalue weighted by Crippen LogP contribution is 2.14. The van der Waals surface area contributed by atoms with E-state index >= 15 is 0 Å². The van der Waals surface area contributed by atoms with Gasteiger partial charge in [0.2, 0.25) is 0 Å². The van der Waals surface area contributed by atoms with E-state index < -0.39 is 11.7 Å². The van der Waals surface area contributed by atoms with Gasteiger partial charge >= 0.3 is 0 Å². The average molecular weight is 232 g/mol. The molecular formula is C10H11ClFNO2. The highest BCUT2D eigenvalue weighted by atomic mass is 35.5. The van der Waals surface area contributed by atoms with Crippen LogP contribution >= 0.6 is 11.6 Å². The zero-order valence-corrected chi connectivity index (χ0v) is 8.72. The topological polar surface area (TPSA) is 49.3 Å². The monoisotopic (exact) mass is 231 g/mol. The number of benzene rings is 1. The molecule has 1 rings (SSSR count). The average Bonchev–Trinajstić information content (AvgIpc) is 2.17. The zero-order valence-electron chi connectivity index (χ0n) is 7.96. The predicted octanol–water partition coefficient (Wildman–Crippen LogP) is 1.59. The molecule has 0 radical (unpaired) electrons. The Labute approximate surface area is 91.9 Å². The van der Waals surface area contributed by atoms with E-state index in [4.69, 9.17) is 16.7 Å². The Kier molecular flexibility index (Phi) is 4.52. The first-order chi connectivity index (χ1) is 7.15. The van der Waals surface area contributed by atoms with E-state index in [1.165, 1.54) is 12.1 Å². The lowest BCUT2D eigenvalue weighted by Gasteiger charge is -2.05. The van der Waals surface area contributed by atoms with Gasteiger partial charge in [-0.2, -0.15) is 0 Å².